The predicted octanol–water partition coefficient (Wildman–Crippen LogP) is 1.52. The quantitative estimate of drug-likeness (QED) is 0.750. The van der Waals surface area contributed by atoms with E-state index in [9.17, 15) is 0 Å². The first kappa shape index (κ1) is 17.5. The highest BCUT2D eigenvalue weighted by molar-refractivity contribution is 5.85. The molecule has 72 valence electrons. The molecular weight excluding hydrogens is 183 g/mol. The molecule has 0 aromatic carbocycles. The van der Waals surface area contributed by atoms with Crippen LogP contribution in [0.2, 0.25) is 0 Å². The first-order valence-corrected chi connectivity index (χ1v) is 3.70. The van der Waals surface area contributed by atoms with Crippen LogP contribution < -0.4 is 5.73 Å². The molecule has 2 N–H and O–H groups in total. The van der Waals surface area contributed by atoms with Crippen molar-refractivity contribution in [3.8, 4) is 0 Å². The first-order valence-electron chi connectivity index (χ1n) is 3.70. The van der Waals surface area contributed by atoms with Crippen LogP contribution in [0.1, 0.15) is 20.8 Å². The van der Waals surface area contributed by atoms with Crippen molar-refractivity contribution in [2.75, 3.05) is 19.6 Å². The van der Waals surface area contributed by atoms with Gasteiger partial charge in [-0.2, -0.15) is 0 Å². The third-order valence-electron chi connectivity index (χ3n) is 1.78. The van der Waals surface area contributed by atoms with Crippen LogP contribution in [0.25, 0.3) is 0 Å². The van der Waals surface area contributed by atoms with Crippen LogP contribution in [0.5, 0.6) is 0 Å². The van der Waals surface area contributed by atoms with Crippen molar-refractivity contribution in [1.82, 2.24) is 4.90 Å². The number of rotatable bonds is 4. The first-order chi connectivity index (χ1) is 4.26. The van der Waals surface area contributed by atoms with Gasteiger partial charge in [0.15, 0.2) is 0 Å². The molecule has 0 spiro atoms. The molecule has 0 amide bonds. The summed E-state index contributed by atoms with van der Waals surface area (Å²) in [6.07, 6.45) is 0. The minimum atomic E-state index is 0. The van der Waals surface area contributed by atoms with Crippen LogP contribution in [0, 0.1) is 0 Å². The summed E-state index contributed by atoms with van der Waals surface area (Å²) in [6.45, 7) is 9.46. The Labute approximate surface area is 82.3 Å². The topological polar surface area (TPSA) is 29.3 Å². The zero-order valence-corrected chi connectivity index (χ0v) is 9.17. The fourth-order valence-electron chi connectivity index (χ4n) is 0.996. The zero-order chi connectivity index (χ0) is 7.28. The molecule has 0 heterocycles. The molecule has 0 bridgehead atoms. The van der Waals surface area contributed by atoms with Gasteiger partial charge in [-0.05, 0) is 20.0 Å². The lowest BCUT2D eigenvalue weighted by atomic mass is 10.3. The van der Waals surface area contributed by atoms with Crippen LogP contribution in [0.4, 0.5) is 0 Å². The number of halogens is 2. The van der Waals surface area contributed by atoms with Gasteiger partial charge < -0.3 is 5.73 Å². The van der Waals surface area contributed by atoms with Gasteiger partial charge in [-0.1, -0.05) is 13.8 Å². The minimum Gasteiger partial charge on any atom is -0.329 e. The summed E-state index contributed by atoms with van der Waals surface area (Å²) < 4.78 is 0. The van der Waals surface area contributed by atoms with Crippen LogP contribution in [-0.2, 0) is 0 Å². The van der Waals surface area contributed by atoms with E-state index < -0.39 is 0 Å². The molecule has 0 aliphatic carbocycles. The highest BCUT2D eigenvalue weighted by Gasteiger charge is 2.05. The van der Waals surface area contributed by atoms with Crippen LogP contribution in [0.15, 0.2) is 0 Å². The van der Waals surface area contributed by atoms with Crippen molar-refractivity contribution in [1.29, 1.82) is 0 Å². The van der Waals surface area contributed by atoms with Gasteiger partial charge >= 0.3 is 0 Å². The molecule has 1 atom stereocenters. The fourth-order valence-corrected chi connectivity index (χ4v) is 0.996. The van der Waals surface area contributed by atoms with Gasteiger partial charge in [0.05, 0.1) is 0 Å². The van der Waals surface area contributed by atoms with Crippen molar-refractivity contribution in [2.24, 2.45) is 5.73 Å². The maximum absolute atomic E-state index is 5.48. The number of hydrogen-bond donors (Lipinski definition) is 1. The van der Waals surface area contributed by atoms with Crippen molar-refractivity contribution in [3.63, 3.8) is 0 Å². The van der Waals surface area contributed by atoms with Crippen LogP contribution >= 0.6 is 24.8 Å². The number of likely N-dealkylation sites (N-methyl/N-ethyl adjacent to an activating group) is 1. The molecule has 0 aliphatic rings. The molecule has 4 heteroatoms. The molecule has 0 unspecified atom stereocenters. The molecule has 0 saturated heterocycles. The minimum absolute atomic E-state index is 0. The van der Waals surface area contributed by atoms with E-state index in [1.807, 2.05) is 0 Å². The number of nitrogens with zero attached hydrogens (tertiary/aromatic N) is 1. The Morgan fingerprint density at radius 3 is 1.64 bits per heavy atom. The third kappa shape index (κ3) is 6.88. The Bertz CT molecular complexity index is 67.5. The lowest BCUT2D eigenvalue weighted by Crippen LogP contribution is -2.37. The maximum atomic E-state index is 5.48. The molecular formula is C7H20Cl2N2. The second kappa shape index (κ2) is 10.5. The van der Waals surface area contributed by atoms with Crippen LogP contribution in [0.3, 0.4) is 0 Å². The molecule has 2 nitrogen and oxygen atoms in total. The summed E-state index contributed by atoms with van der Waals surface area (Å²) in [5.74, 6) is 0. The fraction of sp³-hybridized carbons (Fsp3) is 1.00. The highest BCUT2D eigenvalue weighted by Crippen LogP contribution is 1.94. The zero-order valence-electron chi connectivity index (χ0n) is 7.54. The van der Waals surface area contributed by atoms with Gasteiger partial charge in [-0.3, -0.25) is 4.90 Å². The monoisotopic (exact) mass is 202 g/mol. The second-order valence-corrected chi connectivity index (χ2v) is 2.31. The molecule has 0 saturated carbocycles. The average molecular weight is 203 g/mol. The van der Waals surface area contributed by atoms with Gasteiger partial charge in [0, 0.05) is 12.6 Å². The largest absolute Gasteiger partial charge is 0.329 e. The molecule has 0 fully saturated rings. The molecule has 11 heavy (non-hydrogen) atoms. The third-order valence-corrected chi connectivity index (χ3v) is 1.78. The molecule has 0 aromatic heterocycles. The Kier molecular flexibility index (Phi) is 16.8. The Morgan fingerprint density at radius 2 is 1.55 bits per heavy atom. The van der Waals surface area contributed by atoms with Gasteiger partial charge in [-0.25, -0.2) is 0 Å². The van der Waals surface area contributed by atoms with E-state index >= 15 is 0 Å². The maximum Gasteiger partial charge on any atom is 0.0189 e. The van der Waals surface area contributed by atoms with Crippen molar-refractivity contribution < 1.29 is 0 Å². The van der Waals surface area contributed by atoms with Gasteiger partial charge in [0.1, 0.15) is 0 Å². The number of nitrogens with two attached hydrogens (primary N) is 1. The molecule has 0 aliphatic heterocycles. The summed E-state index contributed by atoms with van der Waals surface area (Å²) in [6, 6.07) is 0.542. The lowest BCUT2D eigenvalue weighted by molar-refractivity contribution is 0.236. The molecule has 0 radical (unpaired) electrons. The van der Waals surface area contributed by atoms with E-state index in [1.165, 1.54) is 0 Å². The molecule has 0 rings (SSSR count). The lowest BCUT2D eigenvalue weighted by Gasteiger charge is -2.24. The standard InChI is InChI=1S/C7H18N2.2ClH/c1-4-9(5-2)7(3)6-8;;/h7H,4-6,8H2,1-3H3;2*1H/t7-;;/m0../s1. The van der Waals surface area contributed by atoms with E-state index in [-0.39, 0.29) is 24.8 Å². The molecule has 0 aromatic rings. The van der Waals surface area contributed by atoms with E-state index in [2.05, 4.69) is 25.7 Å². The number of hydrogen-bond acceptors (Lipinski definition) is 2. The van der Waals surface area contributed by atoms with E-state index in [4.69, 9.17) is 5.73 Å². The SMILES string of the molecule is CCN(CC)[C@@H](C)CN.Cl.Cl. The average Bonchev–Trinajstić information content (AvgIpc) is 1.90. The Balaban J connectivity index is -0.000000320. The van der Waals surface area contributed by atoms with Crippen molar-refractivity contribution in [3.05, 3.63) is 0 Å². The predicted molar refractivity (Wildman–Crippen MR) is 55.9 cm³/mol. The smallest absolute Gasteiger partial charge is 0.0189 e. The van der Waals surface area contributed by atoms with E-state index in [0.717, 1.165) is 19.6 Å². The summed E-state index contributed by atoms with van der Waals surface area (Å²) in [4.78, 5) is 2.35. The van der Waals surface area contributed by atoms with Crippen molar-refractivity contribution in [2.45, 2.75) is 26.8 Å². The van der Waals surface area contributed by atoms with Gasteiger partial charge in [-0.15, -0.1) is 24.8 Å². The normalized spacial score (nSPS) is 11.7. The highest BCUT2D eigenvalue weighted by atomic mass is 35.5. The summed E-state index contributed by atoms with van der Waals surface area (Å²) in [5, 5.41) is 0. The van der Waals surface area contributed by atoms with E-state index in [0.29, 0.717) is 6.04 Å². The van der Waals surface area contributed by atoms with Crippen LogP contribution in [-0.4, -0.2) is 30.6 Å². The van der Waals surface area contributed by atoms with Crippen molar-refractivity contribution >= 4 is 24.8 Å². The second-order valence-electron chi connectivity index (χ2n) is 2.31. The van der Waals surface area contributed by atoms with Gasteiger partial charge in [0.2, 0.25) is 0 Å². The summed E-state index contributed by atoms with van der Waals surface area (Å²) >= 11 is 0. The summed E-state index contributed by atoms with van der Waals surface area (Å²) in [5.41, 5.74) is 5.48. The van der Waals surface area contributed by atoms with Gasteiger partial charge in [0.25, 0.3) is 0 Å². The Morgan fingerprint density at radius 1 is 1.18 bits per heavy atom. The summed E-state index contributed by atoms with van der Waals surface area (Å²) in [7, 11) is 0. The van der Waals surface area contributed by atoms with E-state index in [1.54, 1.807) is 0 Å². The Hall–Kier alpha value is 0.500.